The Labute approximate surface area is 215 Å². The second-order valence-corrected chi connectivity index (χ2v) is 8.73. The van der Waals surface area contributed by atoms with Crippen molar-refractivity contribution in [3.05, 3.63) is 48.0 Å². The van der Waals surface area contributed by atoms with Crippen LogP contribution in [0.25, 0.3) is 16.6 Å². The van der Waals surface area contributed by atoms with Crippen molar-refractivity contribution in [2.75, 3.05) is 13.7 Å². The first-order valence-corrected chi connectivity index (χ1v) is 12.0. The average molecular weight is 546 g/mol. The molecule has 208 valence electrons. The van der Waals surface area contributed by atoms with Crippen LogP contribution in [-0.2, 0) is 6.42 Å². The highest BCUT2D eigenvalue weighted by atomic mass is 19.4. The minimum Gasteiger partial charge on any atom is -0.494 e. The Morgan fingerprint density at radius 3 is 2.45 bits per heavy atom. The van der Waals surface area contributed by atoms with E-state index in [9.17, 15) is 31.1 Å². The number of halogens is 6. The van der Waals surface area contributed by atoms with E-state index in [2.05, 4.69) is 10.1 Å². The third-order valence-electron chi connectivity index (χ3n) is 6.26. The summed E-state index contributed by atoms with van der Waals surface area (Å²) in [7, 11) is 1.48. The van der Waals surface area contributed by atoms with Crippen molar-refractivity contribution in [1.29, 1.82) is 0 Å². The van der Waals surface area contributed by atoms with Crippen LogP contribution in [0.3, 0.4) is 0 Å². The normalized spacial score (nSPS) is 13.8. The Kier molecular flexibility index (Phi) is 8.78. The zero-order valence-electron chi connectivity index (χ0n) is 21.3. The van der Waals surface area contributed by atoms with Crippen LogP contribution in [0.1, 0.15) is 51.0 Å². The topological polar surface area (TPSA) is 71.8 Å². The molecule has 3 aromatic heterocycles. The van der Waals surface area contributed by atoms with Gasteiger partial charge in [0.25, 0.3) is 0 Å². The zero-order chi connectivity index (χ0) is 28.3. The van der Waals surface area contributed by atoms with Gasteiger partial charge in [-0.05, 0) is 56.5 Å². The van der Waals surface area contributed by atoms with E-state index in [1.54, 1.807) is 35.9 Å². The Morgan fingerprint density at radius 1 is 1.16 bits per heavy atom. The van der Waals surface area contributed by atoms with Crippen LogP contribution in [0.5, 0.6) is 5.75 Å². The van der Waals surface area contributed by atoms with Crippen LogP contribution < -0.4 is 10.1 Å². The lowest BCUT2D eigenvalue weighted by atomic mass is 10.0. The molecule has 0 saturated heterocycles. The third-order valence-corrected chi connectivity index (χ3v) is 6.26. The lowest BCUT2D eigenvalue weighted by Crippen LogP contribution is -2.51. The summed E-state index contributed by atoms with van der Waals surface area (Å²) in [6.07, 6.45) is -8.99. The first-order valence-electron chi connectivity index (χ1n) is 12.0. The van der Waals surface area contributed by atoms with Crippen LogP contribution in [0.2, 0.25) is 0 Å². The molecule has 2 atom stereocenters. The number of hydrogen-bond acceptors (Lipinski definition) is 4. The minimum absolute atomic E-state index is 0.0122. The number of nitrogens with one attached hydrogen (secondary N) is 1. The molecule has 0 fully saturated rings. The second kappa shape index (κ2) is 11.5. The van der Waals surface area contributed by atoms with Crippen molar-refractivity contribution in [3.8, 4) is 16.9 Å². The molecule has 3 aromatic rings. The summed E-state index contributed by atoms with van der Waals surface area (Å²) in [6.45, 7) is 5.11. The number of urea groups is 1. The summed E-state index contributed by atoms with van der Waals surface area (Å²) < 4.78 is 85.1. The standard InChI is InChI=1S/C25H29F6N5O2/c1-5-17-11-16(12-18-8-10-33-36(17)18)19-13-20(32-14-21(19)38-4)15(3)35(6-2)23(37)34-22(25(29,30)31)7-9-24(26,27)28/h8,10-15,22H,5-7,9H2,1-4H3,(H,34,37)/t15-,22?/m1/s1. The fourth-order valence-corrected chi connectivity index (χ4v) is 4.20. The molecule has 0 saturated carbocycles. The van der Waals surface area contributed by atoms with Crippen LogP contribution in [0, 0.1) is 0 Å². The van der Waals surface area contributed by atoms with Gasteiger partial charge in [0.15, 0.2) is 0 Å². The van der Waals surface area contributed by atoms with Gasteiger partial charge in [-0.3, -0.25) is 4.98 Å². The Bertz CT molecular complexity index is 1260. The number of amides is 2. The number of aromatic nitrogens is 3. The number of alkyl halides is 6. The number of carbonyl (C=O) groups excluding carboxylic acids is 1. The highest BCUT2D eigenvalue weighted by Crippen LogP contribution is 2.34. The fraction of sp³-hybridized carbons (Fsp3) is 0.480. The molecule has 38 heavy (non-hydrogen) atoms. The number of methoxy groups -OCH3 is 1. The molecule has 7 nitrogen and oxygen atoms in total. The minimum atomic E-state index is -5.04. The lowest BCUT2D eigenvalue weighted by Gasteiger charge is -2.31. The molecular weight excluding hydrogens is 516 g/mol. The molecule has 3 rings (SSSR count). The van der Waals surface area contributed by atoms with Gasteiger partial charge in [-0.1, -0.05) is 6.92 Å². The number of hydrogen-bond donors (Lipinski definition) is 1. The summed E-state index contributed by atoms with van der Waals surface area (Å²) in [4.78, 5) is 18.2. The Morgan fingerprint density at radius 2 is 1.87 bits per heavy atom. The van der Waals surface area contributed by atoms with Gasteiger partial charge in [0.1, 0.15) is 11.8 Å². The number of aryl methyl sites for hydroxylation is 1. The number of pyridine rings is 2. The molecule has 2 amide bonds. The van der Waals surface area contributed by atoms with Gasteiger partial charge in [0.2, 0.25) is 0 Å². The van der Waals surface area contributed by atoms with Crippen molar-refractivity contribution < 1.29 is 35.9 Å². The number of ether oxygens (including phenoxy) is 1. The quantitative estimate of drug-likeness (QED) is 0.319. The third kappa shape index (κ3) is 6.67. The van der Waals surface area contributed by atoms with Crippen molar-refractivity contribution in [2.45, 2.75) is 64.5 Å². The number of fused-ring (bicyclic) bond motifs is 1. The van der Waals surface area contributed by atoms with E-state index in [4.69, 9.17) is 4.74 Å². The van der Waals surface area contributed by atoms with Crippen LogP contribution >= 0.6 is 0 Å². The highest BCUT2D eigenvalue weighted by Gasteiger charge is 2.43. The molecule has 0 spiro atoms. The summed E-state index contributed by atoms with van der Waals surface area (Å²) in [6, 6.07) is 2.78. The predicted octanol–water partition coefficient (Wildman–Crippen LogP) is 6.33. The largest absolute Gasteiger partial charge is 0.494 e. The molecule has 0 aliphatic carbocycles. The zero-order valence-corrected chi connectivity index (χ0v) is 21.3. The fourth-order valence-electron chi connectivity index (χ4n) is 4.20. The first kappa shape index (κ1) is 29.1. The van der Waals surface area contributed by atoms with E-state index in [-0.39, 0.29) is 6.54 Å². The molecule has 0 radical (unpaired) electrons. The molecule has 0 aromatic carbocycles. The van der Waals surface area contributed by atoms with E-state index >= 15 is 0 Å². The van der Waals surface area contributed by atoms with Crippen molar-refractivity contribution >= 4 is 11.5 Å². The summed E-state index contributed by atoms with van der Waals surface area (Å²) in [5.41, 5.74) is 3.59. The Hall–Kier alpha value is -3.51. The van der Waals surface area contributed by atoms with Crippen molar-refractivity contribution in [1.82, 2.24) is 24.8 Å². The molecule has 1 N–H and O–H groups in total. The van der Waals surface area contributed by atoms with E-state index in [0.717, 1.165) is 21.7 Å². The molecule has 1 unspecified atom stereocenters. The molecule has 13 heteroatoms. The average Bonchev–Trinajstić information content (AvgIpc) is 3.33. The lowest BCUT2D eigenvalue weighted by molar-refractivity contribution is -0.171. The van der Waals surface area contributed by atoms with Crippen LogP contribution in [0.15, 0.2) is 36.7 Å². The summed E-state index contributed by atoms with van der Waals surface area (Å²) in [5, 5.41) is 6.05. The highest BCUT2D eigenvalue weighted by molar-refractivity contribution is 5.76. The first-order chi connectivity index (χ1) is 17.8. The predicted molar refractivity (Wildman–Crippen MR) is 129 cm³/mol. The SMILES string of the molecule is CCc1cc(-c2cc([C@@H](C)N(CC)C(=O)NC(CCC(F)(F)F)C(F)(F)F)ncc2OC)cc2ccnn12. The molecule has 0 bridgehead atoms. The van der Waals surface area contributed by atoms with Gasteiger partial charge >= 0.3 is 18.4 Å². The van der Waals surface area contributed by atoms with Gasteiger partial charge in [-0.15, -0.1) is 0 Å². The van der Waals surface area contributed by atoms with Crippen LogP contribution in [-0.4, -0.2) is 57.6 Å². The molecule has 0 aliphatic rings. The van der Waals surface area contributed by atoms with Crippen molar-refractivity contribution in [2.24, 2.45) is 0 Å². The smallest absolute Gasteiger partial charge is 0.408 e. The molecule has 3 heterocycles. The van der Waals surface area contributed by atoms with E-state index in [1.807, 2.05) is 25.1 Å². The van der Waals surface area contributed by atoms with E-state index in [1.165, 1.54) is 13.3 Å². The van der Waals surface area contributed by atoms with Gasteiger partial charge in [0, 0.05) is 30.4 Å². The van der Waals surface area contributed by atoms with E-state index < -0.39 is 43.3 Å². The second-order valence-electron chi connectivity index (χ2n) is 8.73. The Balaban J connectivity index is 1.92. The maximum absolute atomic E-state index is 13.4. The molecule has 0 aliphatic heterocycles. The summed E-state index contributed by atoms with van der Waals surface area (Å²) >= 11 is 0. The number of nitrogens with zero attached hydrogens (tertiary/aromatic N) is 4. The summed E-state index contributed by atoms with van der Waals surface area (Å²) in [5.74, 6) is 0.448. The number of rotatable bonds is 9. The van der Waals surface area contributed by atoms with E-state index in [0.29, 0.717) is 23.4 Å². The van der Waals surface area contributed by atoms with Gasteiger partial charge < -0.3 is 15.0 Å². The van der Waals surface area contributed by atoms with Crippen molar-refractivity contribution in [3.63, 3.8) is 0 Å². The van der Waals surface area contributed by atoms with Gasteiger partial charge in [-0.25, -0.2) is 9.31 Å². The van der Waals surface area contributed by atoms with Gasteiger partial charge in [-0.2, -0.15) is 31.4 Å². The molecular formula is C25H29F6N5O2. The maximum atomic E-state index is 13.4. The maximum Gasteiger partial charge on any atom is 0.408 e. The van der Waals surface area contributed by atoms with Gasteiger partial charge in [0.05, 0.1) is 30.6 Å². The monoisotopic (exact) mass is 545 g/mol. The number of carbonyl (C=O) groups is 1. The van der Waals surface area contributed by atoms with Crippen LogP contribution in [0.4, 0.5) is 31.1 Å².